The second-order valence-corrected chi connectivity index (χ2v) is 5.53. The number of oxime groups is 1. The van der Waals surface area contributed by atoms with Crippen molar-refractivity contribution in [3.8, 4) is 0 Å². The van der Waals surface area contributed by atoms with Gasteiger partial charge in [-0.3, -0.25) is 40.5 Å². The van der Waals surface area contributed by atoms with Gasteiger partial charge in [0.2, 0.25) is 0 Å². The fourth-order valence-corrected chi connectivity index (χ4v) is 2.27. The first kappa shape index (κ1) is 21.5. The van der Waals surface area contributed by atoms with Gasteiger partial charge in [-0.1, -0.05) is 5.16 Å². The third-order valence-corrected chi connectivity index (χ3v) is 3.46. The Morgan fingerprint density at radius 2 is 1.00 bits per heavy atom. The molecule has 0 aromatic heterocycles. The summed E-state index contributed by atoms with van der Waals surface area (Å²) in [5.74, 6) is -0.952. The number of nitro groups is 4. The van der Waals surface area contributed by atoms with E-state index < -0.39 is 54.1 Å². The quantitative estimate of drug-likeness (QED) is 0.277. The van der Waals surface area contributed by atoms with Crippen LogP contribution in [0.3, 0.4) is 0 Å². The van der Waals surface area contributed by atoms with Crippen molar-refractivity contribution in [2.45, 2.75) is 6.92 Å². The van der Waals surface area contributed by atoms with Crippen LogP contribution in [0.25, 0.3) is 0 Å². The molecule has 0 aliphatic rings. The highest BCUT2D eigenvalue weighted by Crippen LogP contribution is 2.28. The fraction of sp³-hybridized carbons (Fsp3) is 0.0667. The lowest BCUT2D eigenvalue weighted by Gasteiger charge is -2.07. The van der Waals surface area contributed by atoms with Crippen molar-refractivity contribution in [1.29, 1.82) is 0 Å². The molecule has 0 unspecified atom stereocenters. The number of benzene rings is 2. The van der Waals surface area contributed by atoms with Crippen LogP contribution >= 0.6 is 0 Å². The first-order valence-electron chi connectivity index (χ1n) is 7.63. The number of nitro benzene ring substituents is 4. The predicted octanol–water partition coefficient (Wildman–Crippen LogP) is 2.63. The average Bonchev–Trinajstić information content (AvgIpc) is 2.67. The monoisotopic (exact) mass is 419 g/mol. The number of hydrogen-bond donors (Lipinski definition) is 0. The second-order valence-electron chi connectivity index (χ2n) is 5.53. The number of nitrogens with zero attached hydrogens (tertiary/aromatic N) is 5. The van der Waals surface area contributed by atoms with E-state index in [1.165, 1.54) is 0 Å². The van der Waals surface area contributed by atoms with Crippen LogP contribution in [0.2, 0.25) is 0 Å². The topological polar surface area (TPSA) is 211 Å². The molecule has 0 radical (unpaired) electrons. The standard InChI is InChI=1S/C15H9N5O10/c1-8(21)30-16-15(9-2-11(17(22)23)6-12(3-9)18(24)25)10-4-13(19(26)27)7-14(5-10)20(28)29/h2-7H,1H3. The molecule has 30 heavy (non-hydrogen) atoms. The van der Waals surface area contributed by atoms with Gasteiger partial charge in [0.25, 0.3) is 22.7 Å². The summed E-state index contributed by atoms with van der Waals surface area (Å²) >= 11 is 0. The number of hydrogen-bond acceptors (Lipinski definition) is 11. The van der Waals surface area contributed by atoms with Crippen LogP contribution in [0.1, 0.15) is 18.1 Å². The summed E-state index contributed by atoms with van der Waals surface area (Å²) in [5.41, 5.74) is -4.10. The molecule has 0 aliphatic heterocycles. The molecule has 15 nitrogen and oxygen atoms in total. The van der Waals surface area contributed by atoms with Gasteiger partial charge < -0.3 is 4.84 Å². The summed E-state index contributed by atoms with van der Waals surface area (Å²) in [4.78, 5) is 56.4. The molecule has 2 aromatic rings. The van der Waals surface area contributed by atoms with E-state index in [1.54, 1.807) is 0 Å². The molecule has 0 saturated carbocycles. The molecule has 0 spiro atoms. The van der Waals surface area contributed by atoms with Crippen LogP contribution < -0.4 is 0 Å². The first-order chi connectivity index (χ1) is 14.0. The fourth-order valence-electron chi connectivity index (χ4n) is 2.27. The lowest BCUT2D eigenvalue weighted by molar-refractivity contribution is -0.394. The molecule has 0 amide bonds. The Hall–Kier alpha value is -4.82. The summed E-state index contributed by atoms with van der Waals surface area (Å²) in [5, 5.41) is 47.9. The lowest BCUT2D eigenvalue weighted by atomic mass is 10.00. The van der Waals surface area contributed by atoms with Gasteiger partial charge in [0.05, 0.1) is 31.8 Å². The molecule has 154 valence electrons. The van der Waals surface area contributed by atoms with E-state index >= 15 is 0 Å². The zero-order chi connectivity index (χ0) is 22.6. The Kier molecular flexibility index (Phi) is 6.06. The van der Waals surface area contributed by atoms with Gasteiger partial charge in [0.15, 0.2) is 0 Å². The molecule has 15 heteroatoms. The zero-order valence-electron chi connectivity index (χ0n) is 14.8. The minimum atomic E-state index is -0.952. The SMILES string of the molecule is CC(=O)ON=C(c1cc([N+](=O)[O-])cc([N+](=O)[O-])c1)c1cc([N+](=O)[O-])cc([N+](=O)[O-])c1. The van der Waals surface area contributed by atoms with Crippen molar-refractivity contribution < 1.29 is 29.3 Å². The summed E-state index contributed by atoms with van der Waals surface area (Å²) in [6.07, 6.45) is 0. The molecule has 2 aromatic carbocycles. The Balaban J connectivity index is 2.84. The van der Waals surface area contributed by atoms with Gasteiger partial charge in [-0.15, -0.1) is 0 Å². The minimum absolute atomic E-state index is 0.341. The van der Waals surface area contributed by atoms with Gasteiger partial charge in [0.1, 0.15) is 5.71 Å². The Morgan fingerprint density at radius 1 is 0.700 bits per heavy atom. The molecule has 2 rings (SSSR count). The van der Waals surface area contributed by atoms with E-state index in [4.69, 9.17) is 0 Å². The van der Waals surface area contributed by atoms with Gasteiger partial charge in [-0.2, -0.15) is 0 Å². The third-order valence-electron chi connectivity index (χ3n) is 3.46. The highest BCUT2D eigenvalue weighted by Gasteiger charge is 2.24. The number of carbonyl (C=O) groups excluding carboxylic acids is 1. The van der Waals surface area contributed by atoms with E-state index in [0.29, 0.717) is 12.1 Å². The molecule has 0 heterocycles. The van der Waals surface area contributed by atoms with Gasteiger partial charge in [-0.25, -0.2) is 4.79 Å². The average molecular weight is 419 g/mol. The van der Waals surface area contributed by atoms with Crippen molar-refractivity contribution in [1.82, 2.24) is 0 Å². The number of rotatable bonds is 7. The van der Waals surface area contributed by atoms with Crippen molar-refractivity contribution in [3.05, 3.63) is 88.0 Å². The van der Waals surface area contributed by atoms with E-state index in [0.717, 1.165) is 31.2 Å². The Morgan fingerprint density at radius 3 is 1.23 bits per heavy atom. The van der Waals surface area contributed by atoms with Crippen LogP contribution in [-0.2, 0) is 9.63 Å². The van der Waals surface area contributed by atoms with Crippen LogP contribution in [-0.4, -0.2) is 31.4 Å². The minimum Gasteiger partial charge on any atom is -0.318 e. The predicted molar refractivity (Wildman–Crippen MR) is 96.9 cm³/mol. The van der Waals surface area contributed by atoms with E-state index in [2.05, 4.69) is 9.99 Å². The largest absolute Gasteiger partial charge is 0.332 e. The molecule has 0 fully saturated rings. The summed E-state index contributed by atoms with van der Waals surface area (Å²) in [6, 6.07) is 4.64. The molecular formula is C15H9N5O10. The molecule has 0 aliphatic carbocycles. The summed E-state index contributed by atoms with van der Waals surface area (Å²) < 4.78 is 0. The molecule has 0 N–H and O–H groups in total. The second kappa shape index (κ2) is 8.46. The van der Waals surface area contributed by atoms with Crippen molar-refractivity contribution in [2.24, 2.45) is 5.16 Å². The molecule has 0 atom stereocenters. The van der Waals surface area contributed by atoms with E-state index in [-0.39, 0.29) is 11.1 Å². The van der Waals surface area contributed by atoms with Crippen LogP contribution in [0.5, 0.6) is 0 Å². The number of carbonyl (C=O) groups is 1. The maximum Gasteiger partial charge on any atom is 0.332 e. The number of non-ortho nitro benzene ring substituents is 4. The summed E-state index contributed by atoms with van der Waals surface area (Å²) in [7, 11) is 0. The van der Waals surface area contributed by atoms with E-state index in [9.17, 15) is 45.3 Å². The molecular weight excluding hydrogens is 410 g/mol. The highest BCUT2D eigenvalue weighted by atomic mass is 16.7. The van der Waals surface area contributed by atoms with Crippen LogP contribution in [0.15, 0.2) is 41.6 Å². The van der Waals surface area contributed by atoms with Crippen LogP contribution in [0.4, 0.5) is 22.7 Å². The normalized spacial score (nSPS) is 10.0. The van der Waals surface area contributed by atoms with Crippen molar-refractivity contribution in [2.75, 3.05) is 0 Å². The van der Waals surface area contributed by atoms with Crippen molar-refractivity contribution >= 4 is 34.4 Å². The van der Waals surface area contributed by atoms with Gasteiger partial charge >= 0.3 is 5.97 Å². The van der Waals surface area contributed by atoms with Crippen LogP contribution in [0, 0.1) is 40.5 Å². The zero-order valence-corrected chi connectivity index (χ0v) is 14.8. The maximum absolute atomic E-state index is 11.1. The van der Waals surface area contributed by atoms with E-state index in [1.807, 2.05) is 0 Å². The van der Waals surface area contributed by atoms with Gasteiger partial charge in [-0.05, 0) is 0 Å². The molecule has 0 saturated heterocycles. The molecule has 0 bridgehead atoms. The third kappa shape index (κ3) is 4.91. The smallest absolute Gasteiger partial charge is 0.318 e. The van der Waals surface area contributed by atoms with Gasteiger partial charge in [0, 0.05) is 42.3 Å². The highest BCUT2D eigenvalue weighted by molar-refractivity contribution is 6.14. The maximum atomic E-state index is 11.1. The van der Waals surface area contributed by atoms with Crippen molar-refractivity contribution in [3.63, 3.8) is 0 Å². The summed E-state index contributed by atoms with van der Waals surface area (Å²) in [6.45, 7) is 0.951. The first-order valence-corrected chi connectivity index (χ1v) is 7.63. The Bertz CT molecular complexity index is 985. The Labute approximate surface area is 164 Å². The lowest BCUT2D eigenvalue weighted by Crippen LogP contribution is -2.09.